The van der Waals surface area contributed by atoms with Gasteiger partial charge in [0, 0.05) is 5.54 Å². The second-order valence-electron chi connectivity index (χ2n) is 6.13. The van der Waals surface area contributed by atoms with Crippen LogP contribution >= 0.6 is 0 Å². The lowest BCUT2D eigenvalue weighted by molar-refractivity contribution is 0.462. The van der Waals surface area contributed by atoms with E-state index in [4.69, 9.17) is 5.73 Å². The van der Waals surface area contributed by atoms with E-state index in [9.17, 15) is 5.11 Å². The lowest BCUT2D eigenvalue weighted by Crippen LogP contribution is -2.24. The van der Waals surface area contributed by atoms with Crippen LogP contribution in [0.4, 0.5) is 0 Å². The van der Waals surface area contributed by atoms with Crippen LogP contribution in [0.5, 0.6) is 5.75 Å². The first-order valence-corrected chi connectivity index (χ1v) is 5.91. The minimum absolute atomic E-state index is 0.0476. The summed E-state index contributed by atoms with van der Waals surface area (Å²) in [6.07, 6.45) is 2.95. The monoisotopic (exact) mass is 219 g/mol. The van der Waals surface area contributed by atoms with Crippen LogP contribution in [0.1, 0.15) is 44.7 Å². The van der Waals surface area contributed by atoms with Gasteiger partial charge in [-0.2, -0.15) is 0 Å². The standard InChI is InChI=1S/C14H21NO/c1-13(2,3)11-4-5-12(16)10(8-11)9-14(15)6-7-14/h4-5,8,16H,6-7,9,15H2,1-3H3. The van der Waals surface area contributed by atoms with Gasteiger partial charge in [-0.15, -0.1) is 0 Å². The fourth-order valence-corrected chi connectivity index (χ4v) is 1.91. The van der Waals surface area contributed by atoms with Crippen LogP contribution < -0.4 is 5.73 Å². The molecular weight excluding hydrogens is 198 g/mol. The maximum atomic E-state index is 9.84. The van der Waals surface area contributed by atoms with Crippen LogP contribution in [-0.2, 0) is 11.8 Å². The summed E-state index contributed by atoms with van der Waals surface area (Å²) in [7, 11) is 0. The predicted octanol–water partition coefficient (Wildman–Crippen LogP) is 2.72. The van der Waals surface area contributed by atoms with Crippen molar-refractivity contribution in [1.29, 1.82) is 0 Å². The molecule has 2 rings (SSSR count). The molecule has 88 valence electrons. The first-order valence-electron chi connectivity index (χ1n) is 5.91. The van der Waals surface area contributed by atoms with Crippen molar-refractivity contribution >= 4 is 0 Å². The molecule has 16 heavy (non-hydrogen) atoms. The van der Waals surface area contributed by atoms with Gasteiger partial charge in [0.15, 0.2) is 0 Å². The second kappa shape index (κ2) is 3.49. The molecule has 2 heteroatoms. The minimum Gasteiger partial charge on any atom is -0.508 e. The van der Waals surface area contributed by atoms with Gasteiger partial charge in [0.1, 0.15) is 5.75 Å². The highest BCUT2D eigenvalue weighted by Crippen LogP contribution is 2.38. The van der Waals surface area contributed by atoms with Crippen molar-refractivity contribution in [2.24, 2.45) is 5.73 Å². The summed E-state index contributed by atoms with van der Waals surface area (Å²) in [5.41, 5.74) is 8.41. The molecule has 0 heterocycles. The average Bonchev–Trinajstić information content (AvgIpc) is 2.86. The number of rotatable bonds is 2. The van der Waals surface area contributed by atoms with Crippen molar-refractivity contribution in [3.8, 4) is 5.75 Å². The Morgan fingerprint density at radius 1 is 1.31 bits per heavy atom. The van der Waals surface area contributed by atoms with Gasteiger partial charge in [0.2, 0.25) is 0 Å². The molecule has 0 saturated heterocycles. The van der Waals surface area contributed by atoms with Gasteiger partial charge in [0.05, 0.1) is 0 Å². The number of nitrogens with two attached hydrogens (primary N) is 1. The highest BCUT2D eigenvalue weighted by molar-refractivity contribution is 5.40. The largest absolute Gasteiger partial charge is 0.508 e. The molecule has 0 atom stereocenters. The van der Waals surface area contributed by atoms with Crippen LogP contribution in [-0.4, -0.2) is 10.6 Å². The molecule has 0 radical (unpaired) electrons. The SMILES string of the molecule is CC(C)(C)c1ccc(O)c(CC2(N)CC2)c1. The van der Waals surface area contributed by atoms with E-state index >= 15 is 0 Å². The number of aromatic hydroxyl groups is 1. The number of hydrogen-bond donors (Lipinski definition) is 2. The molecule has 3 N–H and O–H groups in total. The van der Waals surface area contributed by atoms with Gasteiger partial charge in [-0.3, -0.25) is 0 Å². The fourth-order valence-electron chi connectivity index (χ4n) is 1.91. The third-order valence-electron chi connectivity index (χ3n) is 3.38. The van der Waals surface area contributed by atoms with Crippen LogP contribution in [0, 0.1) is 0 Å². The van der Waals surface area contributed by atoms with Crippen molar-refractivity contribution in [3.05, 3.63) is 29.3 Å². The normalized spacial score (nSPS) is 18.5. The highest BCUT2D eigenvalue weighted by Gasteiger charge is 2.38. The van der Waals surface area contributed by atoms with E-state index in [-0.39, 0.29) is 11.0 Å². The van der Waals surface area contributed by atoms with E-state index in [2.05, 4.69) is 26.8 Å². The van der Waals surface area contributed by atoms with Gasteiger partial charge in [-0.1, -0.05) is 32.9 Å². The molecule has 1 aromatic rings. The van der Waals surface area contributed by atoms with Gasteiger partial charge < -0.3 is 10.8 Å². The van der Waals surface area contributed by atoms with E-state index in [1.54, 1.807) is 6.07 Å². The van der Waals surface area contributed by atoms with Gasteiger partial charge in [-0.25, -0.2) is 0 Å². The Labute approximate surface area is 97.5 Å². The van der Waals surface area contributed by atoms with Crippen LogP contribution in [0.2, 0.25) is 0 Å². The van der Waals surface area contributed by atoms with Gasteiger partial charge in [0.25, 0.3) is 0 Å². The van der Waals surface area contributed by atoms with E-state index in [1.807, 2.05) is 6.07 Å². The Kier molecular flexibility index (Phi) is 2.50. The second-order valence-corrected chi connectivity index (χ2v) is 6.13. The Morgan fingerprint density at radius 2 is 1.94 bits per heavy atom. The summed E-state index contributed by atoms with van der Waals surface area (Å²) in [6, 6.07) is 5.89. The molecule has 0 amide bonds. The lowest BCUT2D eigenvalue weighted by Gasteiger charge is -2.21. The lowest BCUT2D eigenvalue weighted by atomic mass is 9.85. The maximum Gasteiger partial charge on any atom is 0.118 e. The van der Waals surface area contributed by atoms with E-state index in [0.717, 1.165) is 24.8 Å². The summed E-state index contributed by atoms with van der Waals surface area (Å²) in [5.74, 6) is 0.379. The molecule has 0 aromatic heterocycles. The Balaban J connectivity index is 2.29. The zero-order valence-corrected chi connectivity index (χ0v) is 10.4. The summed E-state index contributed by atoms with van der Waals surface area (Å²) >= 11 is 0. The number of phenols is 1. The Bertz CT molecular complexity index is 400. The third kappa shape index (κ3) is 2.38. The van der Waals surface area contributed by atoms with Crippen molar-refractivity contribution in [2.45, 2.75) is 51.0 Å². The maximum absolute atomic E-state index is 9.84. The van der Waals surface area contributed by atoms with Crippen molar-refractivity contribution in [3.63, 3.8) is 0 Å². The van der Waals surface area contributed by atoms with E-state index in [1.165, 1.54) is 5.56 Å². The molecule has 2 nitrogen and oxygen atoms in total. The topological polar surface area (TPSA) is 46.2 Å². The van der Waals surface area contributed by atoms with Crippen molar-refractivity contribution in [2.75, 3.05) is 0 Å². The van der Waals surface area contributed by atoms with Gasteiger partial charge in [-0.05, 0) is 41.9 Å². The minimum atomic E-state index is -0.0476. The number of hydrogen-bond acceptors (Lipinski definition) is 2. The van der Waals surface area contributed by atoms with Crippen LogP contribution in [0.15, 0.2) is 18.2 Å². The Morgan fingerprint density at radius 3 is 2.44 bits per heavy atom. The van der Waals surface area contributed by atoms with Crippen molar-refractivity contribution < 1.29 is 5.11 Å². The smallest absolute Gasteiger partial charge is 0.118 e. The number of phenolic OH excluding ortho intramolecular Hbond substituents is 1. The molecule has 1 aromatic carbocycles. The highest BCUT2D eigenvalue weighted by atomic mass is 16.3. The molecule has 1 aliphatic carbocycles. The summed E-state index contributed by atoms with van der Waals surface area (Å²) in [4.78, 5) is 0. The van der Waals surface area contributed by atoms with Gasteiger partial charge >= 0.3 is 0 Å². The first-order chi connectivity index (χ1) is 7.30. The molecule has 0 bridgehead atoms. The quantitative estimate of drug-likeness (QED) is 0.803. The van der Waals surface area contributed by atoms with E-state index < -0.39 is 0 Å². The summed E-state index contributed by atoms with van der Waals surface area (Å²) < 4.78 is 0. The third-order valence-corrected chi connectivity index (χ3v) is 3.38. The zero-order chi connectivity index (χ0) is 12.0. The molecule has 0 spiro atoms. The summed E-state index contributed by atoms with van der Waals surface area (Å²) in [6.45, 7) is 6.54. The molecule has 0 aliphatic heterocycles. The summed E-state index contributed by atoms with van der Waals surface area (Å²) in [5, 5.41) is 9.84. The zero-order valence-electron chi connectivity index (χ0n) is 10.4. The van der Waals surface area contributed by atoms with E-state index in [0.29, 0.717) is 5.75 Å². The van der Waals surface area contributed by atoms with Crippen LogP contribution in [0.25, 0.3) is 0 Å². The van der Waals surface area contributed by atoms with Crippen molar-refractivity contribution in [1.82, 2.24) is 0 Å². The molecule has 0 unspecified atom stereocenters. The molecular formula is C14H21NO. The first kappa shape index (κ1) is 11.5. The van der Waals surface area contributed by atoms with Crippen LogP contribution in [0.3, 0.4) is 0 Å². The molecule has 1 aliphatic rings. The molecule has 1 fully saturated rings. The Hall–Kier alpha value is -1.02. The predicted molar refractivity (Wildman–Crippen MR) is 66.7 cm³/mol. The molecule has 1 saturated carbocycles. The average molecular weight is 219 g/mol. The fraction of sp³-hybridized carbons (Fsp3) is 0.571. The number of benzene rings is 1.